The van der Waals surface area contributed by atoms with Crippen LogP contribution in [-0.4, -0.2) is 11.7 Å². The minimum absolute atomic E-state index is 0.0774. The van der Waals surface area contributed by atoms with E-state index in [9.17, 15) is 4.39 Å². The highest BCUT2D eigenvalue weighted by molar-refractivity contribution is 6.30. The molecule has 0 saturated carbocycles. The Morgan fingerprint density at radius 3 is 2.92 bits per heavy atom. The number of aliphatic hydroxyl groups excluding tert-OH is 1. The first-order valence-corrected chi connectivity index (χ1v) is 4.24. The van der Waals surface area contributed by atoms with E-state index in [1.165, 1.54) is 18.2 Å². The molecule has 0 heterocycles. The highest BCUT2D eigenvalue weighted by atomic mass is 35.5. The molecule has 1 nitrogen and oxygen atoms in total. The molecule has 0 bridgehead atoms. The van der Waals surface area contributed by atoms with Gasteiger partial charge in [0.2, 0.25) is 0 Å². The molecule has 0 saturated heterocycles. The largest absolute Gasteiger partial charge is 0.392 e. The third kappa shape index (κ3) is 2.83. The fourth-order valence-electron chi connectivity index (χ4n) is 0.936. The molecule has 0 atom stereocenters. The second-order valence-corrected chi connectivity index (χ2v) is 3.25. The quantitative estimate of drug-likeness (QED) is 0.779. The topological polar surface area (TPSA) is 20.2 Å². The summed E-state index contributed by atoms with van der Waals surface area (Å²) in [6.45, 7) is 1.65. The first-order valence-electron chi connectivity index (χ1n) is 3.86. The van der Waals surface area contributed by atoms with Gasteiger partial charge in [0.25, 0.3) is 0 Å². The summed E-state index contributed by atoms with van der Waals surface area (Å²) in [6, 6.07) is 4.32. The minimum Gasteiger partial charge on any atom is -0.392 e. The van der Waals surface area contributed by atoms with E-state index in [1.54, 1.807) is 13.0 Å². The maximum Gasteiger partial charge on any atom is 0.130 e. The summed E-state index contributed by atoms with van der Waals surface area (Å²) in [5, 5.41) is 9.22. The van der Waals surface area contributed by atoms with Gasteiger partial charge in [0.1, 0.15) is 5.82 Å². The Morgan fingerprint density at radius 2 is 2.31 bits per heavy atom. The Balaban J connectivity index is 3.07. The van der Waals surface area contributed by atoms with E-state index in [4.69, 9.17) is 16.7 Å². The molecule has 1 rings (SSSR count). The molecule has 1 aromatic rings. The molecule has 3 heteroatoms. The van der Waals surface area contributed by atoms with Crippen molar-refractivity contribution in [1.82, 2.24) is 0 Å². The first kappa shape index (κ1) is 10.2. The molecule has 1 N–H and O–H groups in total. The molecule has 0 unspecified atom stereocenters. The van der Waals surface area contributed by atoms with Gasteiger partial charge in [0.05, 0.1) is 6.61 Å². The zero-order valence-electron chi connectivity index (χ0n) is 7.22. The van der Waals surface area contributed by atoms with Crippen molar-refractivity contribution < 1.29 is 9.50 Å². The Kier molecular flexibility index (Phi) is 3.46. The standard InChI is InChI=1S/C10H10ClFO/c1-7(6-13)4-8-5-9(11)2-3-10(8)12/h2-5,13H,6H2,1H3/b7-4-. The summed E-state index contributed by atoms with van der Waals surface area (Å²) < 4.78 is 13.1. The van der Waals surface area contributed by atoms with Gasteiger partial charge in [0.15, 0.2) is 0 Å². The summed E-state index contributed by atoms with van der Waals surface area (Å²) >= 11 is 5.69. The van der Waals surface area contributed by atoms with Crippen molar-refractivity contribution in [3.8, 4) is 0 Å². The fourth-order valence-corrected chi connectivity index (χ4v) is 1.12. The average molecular weight is 201 g/mol. The lowest BCUT2D eigenvalue weighted by molar-refractivity contribution is 0.332. The van der Waals surface area contributed by atoms with Crippen LogP contribution < -0.4 is 0 Å². The first-order chi connectivity index (χ1) is 6.13. The highest BCUT2D eigenvalue weighted by Crippen LogP contribution is 2.17. The highest BCUT2D eigenvalue weighted by Gasteiger charge is 1.99. The van der Waals surface area contributed by atoms with Crippen LogP contribution >= 0.6 is 11.6 Å². The summed E-state index contributed by atoms with van der Waals surface area (Å²) in [7, 11) is 0. The van der Waals surface area contributed by atoms with Gasteiger partial charge in [-0.15, -0.1) is 0 Å². The maximum atomic E-state index is 13.1. The second-order valence-electron chi connectivity index (χ2n) is 2.81. The van der Waals surface area contributed by atoms with Crippen molar-refractivity contribution in [1.29, 1.82) is 0 Å². The summed E-state index contributed by atoms with van der Waals surface area (Å²) in [5.74, 6) is -0.336. The summed E-state index contributed by atoms with van der Waals surface area (Å²) in [6.07, 6.45) is 1.57. The van der Waals surface area contributed by atoms with Crippen molar-refractivity contribution in [2.24, 2.45) is 0 Å². The lowest BCUT2D eigenvalue weighted by atomic mass is 10.1. The van der Waals surface area contributed by atoms with E-state index < -0.39 is 0 Å². The van der Waals surface area contributed by atoms with E-state index in [1.807, 2.05) is 0 Å². The molecule has 1 aromatic carbocycles. The molecule has 0 aliphatic heterocycles. The monoisotopic (exact) mass is 200 g/mol. The van der Waals surface area contributed by atoms with E-state index in [0.29, 0.717) is 16.2 Å². The lowest BCUT2D eigenvalue weighted by Gasteiger charge is -1.99. The smallest absolute Gasteiger partial charge is 0.130 e. The fraction of sp³-hybridized carbons (Fsp3) is 0.200. The molecule has 13 heavy (non-hydrogen) atoms. The molecule has 0 spiro atoms. The van der Waals surface area contributed by atoms with Crippen LogP contribution in [0.25, 0.3) is 6.08 Å². The normalized spacial score (nSPS) is 11.8. The van der Waals surface area contributed by atoms with Crippen molar-refractivity contribution in [3.05, 3.63) is 40.2 Å². The molecule has 0 amide bonds. The van der Waals surface area contributed by atoms with Crippen molar-refractivity contribution in [2.75, 3.05) is 6.61 Å². The van der Waals surface area contributed by atoms with Gasteiger partial charge in [0, 0.05) is 10.6 Å². The van der Waals surface area contributed by atoms with E-state index in [-0.39, 0.29) is 12.4 Å². The number of benzene rings is 1. The Bertz CT molecular complexity index is 334. The van der Waals surface area contributed by atoms with Gasteiger partial charge in [-0.2, -0.15) is 0 Å². The molecule has 0 aliphatic rings. The van der Waals surface area contributed by atoms with Crippen LogP contribution in [0.3, 0.4) is 0 Å². The van der Waals surface area contributed by atoms with Crippen LogP contribution in [-0.2, 0) is 0 Å². The predicted octanol–water partition coefficient (Wildman–Crippen LogP) is 2.87. The number of rotatable bonds is 2. The Labute approximate surface area is 81.5 Å². The lowest BCUT2D eigenvalue weighted by Crippen LogP contribution is -1.87. The van der Waals surface area contributed by atoms with Crippen LogP contribution in [0.5, 0.6) is 0 Å². The van der Waals surface area contributed by atoms with Gasteiger partial charge in [-0.3, -0.25) is 0 Å². The zero-order chi connectivity index (χ0) is 9.84. The van der Waals surface area contributed by atoms with Crippen LogP contribution in [0.15, 0.2) is 23.8 Å². The minimum atomic E-state index is -0.336. The summed E-state index contributed by atoms with van der Waals surface area (Å²) in [4.78, 5) is 0. The van der Waals surface area contributed by atoms with Crippen LogP contribution in [0.1, 0.15) is 12.5 Å². The number of hydrogen-bond donors (Lipinski definition) is 1. The van der Waals surface area contributed by atoms with E-state index in [0.717, 1.165) is 0 Å². The number of hydrogen-bond acceptors (Lipinski definition) is 1. The summed E-state index contributed by atoms with van der Waals surface area (Å²) in [5.41, 5.74) is 1.10. The van der Waals surface area contributed by atoms with Gasteiger partial charge >= 0.3 is 0 Å². The molecular formula is C10H10ClFO. The molecule has 70 valence electrons. The molecule has 0 radical (unpaired) electrons. The van der Waals surface area contributed by atoms with Gasteiger partial charge in [-0.25, -0.2) is 4.39 Å². The molecule has 0 aliphatic carbocycles. The van der Waals surface area contributed by atoms with Gasteiger partial charge in [-0.05, 0) is 30.7 Å². The van der Waals surface area contributed by atoms with Crippen LogP contribution in [0.4, 0.5) is 4.39 Å². The number of halogens is 2. The third-order valence-electron chi connectivity index (χ3n) is 1.61. The second kappa shape index (κ2) is 4.40. The molecule has 0 fully saturated rings. The van der Waals surface area contributed by atoms with Crippen molar-refractivity contribution in [3.63, 3.8) is 0 Å². The molecular weight excluding hydrogens is 191 g/mol. The van der Waals surface area contributed by atoms with Gasteiger partial charge < -0.3 is 5.11 Å². The Morgan fingerprint density at radius 1 is 1.62 bits per heavy atom. The average Bonchev–Trinajstić information content (AvgIpc) is 2.11. The third-order valence-corrected chi connectivity index (χ3v) is 1.84. The van der Waals surface area contributed by atoms with E-state index >= 15 is 0 Å². The SMILES string of the molecule is C/C(=C/c1cc(Cl)ccc1F)CO. The van der Waals surface area contributed by atoms with Gasteiger partial charge in [-0.1, -0.05) is 17.7 Å². The molecule has 0 aromatic heterocycles. The maximum absolute atomic E-state index is 13.1. The predicted molar refractivity (Wildman–Crippen MR) is 52.1 cm³/mol. The van der Waals surface area contributed by atoms with Crippen molar-refractivity contribution >= 4 is 17.7 Å². The zero-order valence-corrected chi connectivity index (χ0v) is 7.98. The number of aliphatic hydroxyl groups is 1. The van der Waals surface area contributed by atoms with Crippen LogP contribution in [0, 0.1) is 5.82 Å². The van der Waals surface area contributed by atoms with Crippen molar-refractivity contribution in [2.45, 2.75) is 6.92 Å². The van der Waals surface area contributed by atoms with E-state index in [2.05, 4.69) is 0 Å². The Hall–Kier alpha value is -0.860. The van der Waals surface area contributed by atoms with Crippen LogP contribution in [0.2, 0.25) is 5.02 Å².